The molecule has 1 saturated heterocycles. The molecule has 1 atom stereocenters. The first-order valence-electron chi connectivity index (χ1n) is 9.22. The lowest BCUT2D eigenvalue weighted by molar-refractivity contribution is 0.122. The number of hydrogen-bond donors (Lipinski definition) is 2. The summed E-state index contributed by atoms with van der Waals surface area (Å²) in [5.74, 6) is 1.34. The number of ether oxygens (including phenoxy) is 1. The van der Waals surface area contributed by atoms with Crippen LogP contribution >= 0.6 is 0 Å². The first-order valence-corrected chi connectivity index (χ1v) is 9.22. The first-order chi connectivity index (χ1) is 12.8. The van der Waals surface area contributed by atoms with Crippen molar-refractivity contribution in [2.24, 2.45) is 5.92 Å². The number of rotatable bonds is 3. The predicted octanol–water partition coefficient (Wildman–Crippen LogP) is 2.99. The van der Waals surface area contributed by atoms with E-state index in [9.17, 15) is 5.26 Å². The molecule has 26 heavy (non-hydrogen) atoms. The van der Waals surface area contributed by atoms with Gasteiger partial charge in [0.15, 0.2) is 0 Å². The number of nitriles is 1. The van der Waals surface area contributed by atoms with Crippen LogP contribution in [0.25, 0.3) is 0 Å². The summed E-state index contributed by atoms with van der Waals surface area (Å²) in [7, 11) is 0. The molecule has 132 valence electrons. The molecule has 2 aromatic rings. The predicted molar refractivity (Wildman–Crippen MR) is 98.9 cm³/mol. The lowest BCUT2D eigenvalue weighted by Crippen LogP contribution is -2.36. The summed E-state index contributed by atoms with van der Waals surface area (Å²) in [4.78, 5) is 2.35. The summed E-state index contributed by atoms with van der Waals surface area (Å²) < 4.78 is 5.47. The van der Waals surface area contributed by atoms with Gasteiger partial charge in [-0.2, -0.15) is 10.4 Å². The molecule has 3 heterocycles. The van der Waals surface area contributed by atoms with Gasteiger partial charge in [0.2, 0.25) is 0 Å². The summed E-state index contributed by atoms with van der Waals surface area (Å²) in [6, 6.07) is 11.1. The number of allylic oxidation sites excluding steroid dienone is 2. The summed E-state index contributed by atoms with van der Waals surface area (Å²) in [6.45, 7) is 3.33. The molecule has 0 radical (unpaired) electrons. The minimum atomic E-state index is -0.0633. The minimum absolute atomic E-state index is 0.0633. The fourth-order valence-electron chi connectivity index (χ4n) is 4.02. The zero-order valence-electron chi connectivity index (χ0n) is 14.5. The highest BCUT2D eigenvalue weighted by atomic mass is 16.5. The van der Waals surface area contributed by atoms with Gasteiger partial charge < -0.3 is 15.0 Å². The number of morpholine rings is 1. The van der Waals surface area contributed by atoms with Crippen LogP contribution in [-0.4, -0.2) is 36.5 Å². The number of aromatic nitrogens is 2. The molecule has 1 aromatic carbocycles. The molecule has 1 saturated carbocycles. The SMILES string of the molecule is N#CC1=C(C2CC2)Nc2[nH]ncc2C1c1cccc(N2CCOCC2)c1. The molecule has 0 amide bonds. The molecule has 6 nitrogen and oxygen atoms in total. The monoisotopic (exact) mass is 347 g/mol. The maximum Gasteiger partial charge on any atom is 0.129 e. The van der Waals surface area contributed by atoms with E-state index in [1.54, 1.807) is 0 Å². The van der Waals surface area contributed by atoms with Gasteiger partial charge >= 0.3 is 0 Å². The number of aromatic amines is 1. The zero-order chi connectivity index (χ0) is 17.5. The van der Waals surface area contributed by atoms with E-state index in [-0.39, 0.29) is 5.92 Å². The number of fused-ring (bicyclic) bond motifs is 1. The van der Waals surface area contributed by atoms with E-state index in [1.165, 1.54) is 5.69 Å². The highest BCUT2D eigenvalue weighted by Gasteiger charge is 2.37. The van der Waals surface area contributed by atoms with Gasteiger partial charge in [-0.3, -0.25) is 5.10 Å². The largest absolute Gasteiger partial charge is 0.378 e. The average molecular weight is 347 g/mol. The Kier molecular flexibility index (Phi) is 3.68. The Morgan fingerprint density at radius 3 is 2.85 bits per heavy atom. The second kappa shape index (κ2) is 6.19. The lowest BCUT2D eigenvalue weighted by atomic mass is 9.82. The van der Waals surface area contributed by atoms with Gasteiger partial charge in [-0.1, -0.05) is 12.1 Å². The first kappa shape index (κ1) is 15.5. The van der Waals surface area contributed by atoms with E-state index in [4.69, 9.17) is 4.74 Å². The Balaban J connectivity index is 1.59. The van der Waals surface area contributed by atoms with Crippen LogP contribution in [0.3, 0.4) is 0 Å². The maximum atomic E-state index is 9.95. The molecule has 6 heteroatoms. The third-order valence-electron chi connectivity index (χ3n) is 5.50. The van der Waals surface area contributed by atoms with Crippen molar-refractivity contribution in [1.82, 2.24) is 10.2 Å². The van der Waals surface area contributed by atoms with Crippen molar-refractivity contribution < 1.29 is 4.74 Å². The Hall–Kier alpha value is -2.78. The van der Waals surface area contributed by atoms with Gasteiger partial charge in [0, 0.05) is 36.0 Å². The van der Waals surface area contributed by atoms with Gasteiger partial charge in [-0.25, -0.2) is 0 Å². The molecular formula is C20H21N5O. The van der Waals surface area contributed by atoms with Crippen molar-refractivity contribution in [3.63, 3.8) is 0 Å². The Morgan fingerprint density at radius 2 is 2.08 bits per heavy atom. The standard InChI is InChI=1S/C20H21N5O/c21-11-16-18(17-12-22-24-20(17)23-19(16)13-4-5-13)14-2-1-3-15(10-14)25-6-8-26-9-7-25/h1-3,10,12-13,18H,4-9H2,(H2,22,23,24). The molecule has 0 bridgehead atoms. The van der Waals surface area contributed by atoms with Gasteiger partial charge in [0.25, 0.3) is 0 Å². The van der Waals surface area contributed by atoms with Gasteiger partial charge in [-0.15, -0.1) is 0 Å². The normalized spacial score (nSPS) is 22.6. The van der Waals surface area contributed by atoms with Crippen molar-refractivity contribution >= 4 is 11.5 Å². The number of H-pyrrole nitrogens is 1. The van der Waals surface area contributed by atoms with Crippen LogP contribution in [0.5, 0.6) is 0 Å². The molecule has 2 aliphatic heterocycles. The van der Waals surface area contributed by atoms with Gasteiger partial charge in [0.1, 0.15) is 5.82 Å². The Morgan fingerprint density at radius 1 is 1.23 bits per heavy atom. The second-order valence-corrected chi connectivity index (χ2v) is 7.17. The van der Waals surface area contributed by atoms with Crippen molar-refractivity contribution in [3.8, 4) is 6.07 Å². The summed E-state index contributed by atoms with van der Waals surface area (Å²) in [5.41, 5.74) is 5.30. The third kappa shape index (κ3) is 2.56. The highest BCUT2D eigenvalue weighted by Crippen LogP contribution is 2.47. The second-order valence-electron chi connectivity index (χ2n) is 7.17. The van der Waals surface area contributed by atoms with Crippen LogP contribution in [0.4, 0.5) is 11.5 Å². The number of nitrogens with one attached hydrogen (secondary N) is 2. The van der Waals surface area contributed by atoms with Crippen molar-refractivity contribution in [1.29, 1.82) is 5.26 Å². The molecule has 1 aromatic heterocycles. The van der Waals surface area contributed by atoms with Crippen LogP contribution in [0.15, 0.2) is 41.7 Å². The van der Waals surface area contributed by atoms with Crippen LogP contribution in [0.2, 0.25) is 0 Å². The highest BCUT2D eigenvalue weighted by molar-refractivity contribution is 5.66. The Bertz CT molecular complexity index is 899. The third-order valence-corrected chi connectivity index (χ3v) is 5.50. The minimum Gasteiger partial charge on any atom is -0.378 e. The van der Waals surface area contributed by atoms with Crippen LogP contribution < -0.4 is 10.2 Å². The smallest absolute Gasteiger partial charge is 0.129 e. The zero-order valence-corrected chi connectivity index (χ0v) is 14.5. The molecule has 0 spiro atoms. The van der Waals surface area contributed by atoms with Crippen LogP contribution in [0.1, 0.15) is 29.9 Å². The van der Waals surface area contributed by atoms with E-state index in [0.717, 1.165) is 67.4 Å². The number of hydrogen-bond acceptors (Lipinski definition) is 5. The summed E-state index contributed by atoms with van der Waals surface area (Å²) in [5, 5.41) is 20.7. The Labute approximate surface area is 152 Å². The summed E-state index contributed by atoms with van der Waals surface area (Å²) in [6.07, 6.45) is 4.14. The molecule has 3 aliphatic rings. The average Bonchev–Trinajstić information content (AvgIpc) is 3.44. The van der Waals surface area contributed by atoms with E-state index < -0.39 is 0 Å². The lowest BCUT2D eigenvalue weighted by Gasteiger charge is -2.31. The fraction of sp³-hybridized carbons (Fsp3) is 0.400. The van der Waals surface area contributed by atoms with E-state index in [1.807, 2.05) is 6.20 Å². The molecule has 2 N–H and O–H groups in total. The van der Waals surface area contributed by atoms with E-state index in [0.29, 0.717) is 5.92 Å². The fourth-order valence-corrected chi connectivity index (χ4v) is 4.02. The molecule has 5 rings (SSSR count). The molecule has 1 unspecified atom stereocenters. The molecular weight excluding hydrogens is 326 g/mol. The van der Waals surface area contributed by atoms with Gasteiger partial charge in [-0.05, 0) is 30.5 Å². The van der Waals surface area contributed by atoms with Gasteiger partial charge in [0.05, 0.1) is 37.0 Å². The van der Waals surface area contributed by atoms with Crippen molar-refractivity contribution in [3.05, 3.63) is 52.9 Å². The number of anilines is 2. The van der Waals surface area contributed by atoms with Crippen LogP contribution in [-0.2, 0) is 4.74 Å². The van der Waals surface area contributed by atoms with E-state index in [2.05, 4.69) is 50.7 Å². The maximum absolute atomic E-state index is 9.95. The molecule has 2 fully saturated rings. The molecule has 1 aliphatic carbocycles. The number of benzene rings is 1. The quantitative estimate of drug-likeness (QED) is 0.892. The topological polar surface area (TPSA) is 77.0 Å². The van der Waals surface area contributed by atoms with Crippen molar-refractivity contribution in [2.45, 2.75) is 18.8 Å². The van der Waals surface area contributed by atoms with Crippen molar-refractivity contribution in [2.75, 3.05) is 36.5 Å². The van der Waals surface area contributed by atoms with Crippen LogP contribution in [0, 0.1) is 17.2 Å². The van der Waals surface area contributed by atoms with E-state index >= 15 is 0 Å². The number of nitrogens with zero attached hydrogens (tertiary/aromatic N) is 3. The summed E-state index contributed by atoms with van der Waals surface area (Å²) >= 11 is 0.